The van der Waals surface area contributed by atoms with Crippen LogP contribution in [0.5, 0.6) is 0 Å². The van der Waals surface area contributed by atoms with Gasteiger partial charge in [-0.05, 0) is 74.3 Å². The van der Waals surface area contributed by atoms with Gasteiger partial charge in [0, 0.05) is 12.1 Å². The van der Waals surface area contributed by atoms with Crippen LogP contribution >= 0.6 is 0 Å². The lowest BCUT2D eigenvalue weighted by Crippen LogP contribution is -2.57. The molecule has 0 aliphatic carbocycles. The molecule has 4 rings (SSSR count). The predicted molar refractivity (Wildman–Crippen MR) is 131 cm³/mol. The highest BCUT2D eigenvalue weighted by molar-refractivity contribution is 5.99. The fraction of sp³-hybridized carbons (Fsp3) is 0.667. The summed E-state index contributed by atoms with van der Waals surface area (Å²) in [5.41, 5.74) is 1.33. The van der Waals surface area contributed by atoms with Crippen molar-refractivity contribution in [3.05, 3.63) is 35.4 Å². The Morgan fingerprint density at radius 2 is 1.76 bits per heavy atom. The van der Waals surface area contributed by atoms with Gasteiger partial charge in [0.15, 0.2) is 5.78 Å². The molecule has 7 heteroatoms. The van der Waals surface area contributed by atoms with E-state index in [4.69, 9.17) is 4.74 Å². The summed E-state index contributed by atoms with van der Waals surface area (Å²) in [6.07, 6.45) is 3.93. The molecule has 34 heavy (non-hydrogen) atoms. The molecule has 7 nitrogen and oxygen atoms in total. The molecule has 2 amide bonds. The number of carbonyl (C=O) groups excluding carboxylic acids is 3. The van der Waals surface area contributed by atoms with Crippen LogP contribution in [-0.4, -0.2) is 78.4 Å². The monoisotopic (exact) mass is 469 g/mol. The first-order valence-corrected chi connectivity index (χ1v) is 12.8. The quantitative estimate of drug-likeness (QED) is 0.693. The van der Waals surface area contributed by atoms with E-state index in [1.165, 1.54) is 18.5 Å². The van der Waals surface area contributed by atoms with Crippen molar-refractivity contribution >= 4 is 17.6 Å². The normalized spacial score (nSPS) is 24.8. The van der Waals surface area contributed by atoms with E-state index >= 15 is 0 Å². The number of piperidine rings is 1. The van der Waals surface area contributed by atoms with Gasteiger partial charge >= 0.3 is 0 Å². The number of hydrogen-bond donors (Lipinski definition) is 1. The van der Waals surface area contributed by atoms with Gasteiger partial charge in [-0.3, -0.25) is 14.4 Å². The Morgan fingerprint density at radius 1 is 1.09 bits per heavy atom. The van der Waals surface area contributed by atoms with Crippen LogP contribution in [0.2, 0.25) is 0 Å². The molecule has 3 aliphatic heterocycles. The predicted octanol–water partition coefficient (Wildman–Crippen LogP) is 2.99. The van der Waals surface area contributed by atoms with Crippen molar-refractivity contribution in [3.63, 3.8) is 0 Å². The minimum atomic E-state index is -0.727. The van der Waals surface area contributed by atoms with E-state index in [-0.39, 0.29) is 30.3 Å². The van der Waals surface area contributed by atoms with Gasteiger partial charge in [-0.1, -0.05) is 39.8 Å². The molecule has 3 aliphatic rings. The van der Waals surface area contributed by atoms with Crippen molar-refractivity contribution in [2.75, 3.05) is 32.8 Å². The summed E-state index contributed by atoms with van der Waals surface area (Å²) in [6, 6.07) is 6.61. The maximum atomic E-state index is 13.5. The number of amides is 2. The molecule has 1 aromatic rings. The van der Waals surface area contributed by atoms with Gasteiger partial charge in [0.2, 0.25) is 5.91 Å². The highest BCUT2D eigenvalue weighted by Gasteiger charge is 2.49. The molecule has 1 N–H and O–H groups in total. The number of ketones is 1. The topological polar surface area (TPSA) is 79.0 Å². The second kappa shape index (κ2) is 10.2. The Balaban J connectivity index is 1.41. The summed E-state index contributed by atoms with van der Waals surface area (Å²) < 4.78 is 5.53. The Bertz CT molecular complexity index is 899. The number of nitrogens with zero attached hydrogens (tertiary/aromatic N) is 2. The van der Waals surface area contributed by atoms with Crippen LogP contribution in [0.4, 0.5) is 0 Å². The summed E-state index contributed by atoms with van der Waals surface area (Å²) in [4.78, 5) is 43.0. The van der Waals surface area contributed by atoms with Gasteiger partial charge in [-0.15, -0.1) is 0 Å². The first-order valence-electron chi connectivity index (χ1n) is 12.8. The van der Waals surface area contributed by atoms with Gasteiger partial charge in [0.1, 0.15) is 18.7 Å². The molecule has 1 aromatic carbocycles. The Hall–Kier alpha value is -2.25. The zero-order valence-corrected chi connectivity index (χ0v) is 21.0. The largest absolute Gasteiger partial charge is 0.368 e. The minimum absolute atomic E-state index is 0.0500. The third kappa shape index (κ3) is 5.20. The SMILES string of the molecule is CCCN1CCC(c2ccc(C(=O)N[C@H](C(=O)N3CC[C@H]4OCC(=O)[C@H]43)C(C)(C)C)cc2)CC1. The molecular formula is C27H39N3O4. The van der Waals surface area contributed by atoms with E-state index in [0.717, 1.165) is 25.9 Å². The van der Waals surface area contributed by atoms with Gasteiger partial charge in [0.05, 0.1) is 6.10 Å². The number of likely N-dealkylation sites (tertiary alicyclic amines) is 2. The molecule has 3 heterocycles. The summed E-state index contributed by atoms with van der Waals surface area (Å²) in [7, 11) is 0. The maximum absolute atomic E-state index is 13.5. The Morgan fingerprint density at radius 3 is 2.38 bits per heavy atom. The number of hydrogen-bond acceptors (Lipinski definition) is 5. The number of ether oxygens (including phenoxy) is 1. The molecule has 3 saturated heterocycles. The average Bonchev–Trinajstić information content (AvgIpc) is 3.40. The molecule has 0 radical (unpaired) electrons. The van der Waals surface area contributed by atoms with Gasteiger partial charge in [-0.2, -0.15) is 0 Å². The summed E-state index contributed by atoms with van der Waals surface area (Å²) in [5.74, 6) is 0.0133. The lowest BCUT2D eigenvalue weighted by molar-refractivity contribution is -0.140. The second-order valence-corrected chi connectivity index (χ2v) is 11.1. The molecule has 0 unspecified atom stereocenters. The third-order valence-corrected chi connectivity index (χ3v) is 7.56. The fourth-order valence-electron chi connectivity index (χ4n) is 5.58. The Kier molecular flexibility index (Phi) is 7.43. The smallest absolute Gasteiger partial charge is 0.251 e. The number of benzene rings is 1. The highest BCUT2D eigenvalue weighted by Crippen LogP contribution is 2.31. The molecule has 3 fully saturated rings. The minimum Gasteiger partial charge on any atom is -0.368 e. The van der Waals surface area contributed by atoms with E-state index in [1.807, 2.05) is 32.9 Å². The van der Waals surface area contributed by atoms with Crippen LogP contribution in [0.3, 0.4) is 0 Å². The van der Waals surface area contributed by atoms with Crippen LogP contribution < -0.4 is 5.32 Å². The van der Waals surface area contributed by atoms with Crippen LogP contribution in [-0.2, 0) is 14.3 Å². The molecule has 0 saturated carbocycles. The van der Waals surface area contributed by atoms with Gasteiger partial charge < -0.3 is 19.9 Å². The standard InChI is InChI=1S/C27H39N3O4/c1-5-13-29-14-10-19(11-15-29)18-6-8-20(9-7-18)25(32)28-24(27(2,3)4)26(33)30-16-12-22-23(30)21(31)17-34-22/h6-9,19,22-24H,5,10-17H2,1-4H3,(H,28,32)/t22-,23-,24-/m1/s1. The van der Waals surface area contributed by atoms with Crippen LogP contribution in [0.25, 0.3) is 0 Å². The van der Waals surface area contributed by atoms with E-state index in [0.29, 0.717) is 24.4 Å². The number of Topliss-reactive ketones (excluding diaryl/α,β-unsaturated/α-hetero) is 1. The van der Waals surface area contributed by atoms with Gasteiger partial charge in [-0.25, -0.2) is 0 Å². The van der Waals surface area contributed by atoms with Crippen molar-refractivity contribution in [2.45, 2.75) is 77.5 Å². The van der Waals surface area contributed by atoms with Crippen molar-refractivity contribution in [1.82, 2.24) is 15.1 Å². The fourth-order valence-corrected chi connectivity index (χ4v) is 5.58. The first kappa shape index (κ1) is 24.9. The van der Waals surface area contributed by atoms with Crippen LogP contribution in [0.15, 0.2) is 24.3 Å². The molecule has 3 atom stereocenters. The van der Waals surface area contributed by atoms with E-state index in [2.05, 4.69) is 29.3 Å². The lowest BCUT2D eigenvalue weighted by atomic mass is 9.85. The average molecular weight is 470 g/mol. The van der Waals surface area contributed by atoms with Crippen molar-refractivity contribution < 1.29 is 19.1 Å². The van der Waals surface area contributed by atoms with Crippen molar-refractivity contribution in [3.8, 4) is 0 Å². The highest BCUT2D eigenvalue weighted by atomic mass is 16.5. The van der Waals surface area contributed by atoms with E-state index in [1.54, 1.807) is 4.90 Å². The van der Waals surface area contributed by atoms with Gasteiger partial charge in [0.25, 0.3) is 5.91 Å². The number of nitrogens with one attached hydrogen (secondary N) is 1. The lowest BCUT2D eigenvalue weighted by Gasteiger charge is -2.35. The number of fused-ring (bicyclic) bond motifs is 1. The number of carbonyl (C=O) groups is 3. The maximum Gasteiger partial charge on any atom is 0.251 e. The number of rotatable bonds is 6. The molecule has 0 bridgehead atoms. The second-order valence-electron chi connectivity index (χ2n) is 11.1. The summed E-state index contributed by atoms with van der Waals surface area (Å²) in [5, 5.41) is 2.97. The van der Waals surface area contributed by atoms with E-state index in [9.17, 15) is 14.4 Å². The molecule has 0 spiro atoms. The van der Waals surface area contributed by atoms with Crippen molar-refractivity contribution in [1.29, 1.82) is 0 Å². The zero-order chi connectivity index (χ0) is 24.5. The first-order chi connectivity index (χ1) is 16.2. The van der Waals surface area contributed by atoms with Crippen molar-refractivity contribution in [2.24, 2.45) is 5.41 Å². The Labute approximate surface area is 203 Å². The summed E-state index contributed by atoms with van der Waals surface area (Å²) in [6.45, 7) is 12.0. The molecular weight excluding hydrogens is 430 g/mol. The zero-order valence-electron chi connectivity index (χ0n) is 21.0. The molecule has 186 valence electrons. The third-order valence-electron chi connectivity index (χ3n) is 7.56. The van der Waals surface area contributed by atoms with Crippen LogP contribution in [0, 0.1) is 5.41 Å². The molecule has 0 aromatic heterocycles. The van der Waals surface area contributed by atoms with E-state index < -0.39 is 17.5 Å². The van der Waals surface area contributed by atoms with Crippen LogP contribution in [0.1, 0.15) is 75.2 Å². The summed E-state index contributed by atoms with van der Waals surface area (Å²) >= 11 is 0.